The summed E-state index contributed by atoms with van der Waals surface area (Å²) in [5.41, 5.74) is 5.49. The largest absolute Gasteiger partial charge is 0.462 e. The van der Waals surface area contributed by atoms with Crippen molar-refractivity contribution in [3.63, 3.8) is 0 Å². The highest BCUT2D eigenvalue weighted by Gasteiger charge is 2.62. The normalized spacial score (nSPS) is 46.4. The average molecular weight is 390 g/mol. The van der Waals surface area contributed by atoms with Gasteiger partial charge >= 0.3 is 5.97 Å². The molecule has 4 aliphatic rings. The fourth-order valence-corrected chi connectivity index (χ4v) is 7.38. The molecular weight excluding hydrogens is 354 g/mol. The predicted molar refractivity (Wildman–Crippen MR) is 105 cm³/mol. The van der Waals surface area contributed by atoms with E-state index in [-0.39, 0.29) is 41.3 Å². The summed E-state index contributed by atoms with van der Waals surface area (Å²) in [5, 5.41) is 0. The molecule has 5 nitrogen and oxygen atoms in total. The highest BCUT2D eigenvalue weighted by molar-refractivity contribution is 5.88. The molecule has 2 N–H and O–H groups in total. The lowest BCUT2D eigenvalue weighted by molar-refractivity contribution is -0.170. The quantitative estimate of drug-likeness (QED) is 0.747. The first-order valence-corrected chi connectivity index (χ1v) is 11.2. The Morgan fingerprint density at radius 3 is 2.64 bits per heavy atom. The van der Waals surface area contributed by atoms with Crippen LogP contribution in [-0.4, -0.2) is 29.7 Å². The van der Waals surface area contributed by atoms with Gasteiger partial charge in [-0.1, -0.05) is 13.8 Å². The first-order chi connectivity index (χ1) is 13.1. The minimum absolute atomic E-state index is 0.0166. The molecule has 5 heteroatoms. The minimum Gasteiger partial charge on any atom is -0.462 e. The van der Waals surface area contributed by atoms with E-state index in [2.05, 4.69) is 13.8 Å². The smallest absolute Gasteiger partial charge is 0.307 e. The number of ketones is 2. The van der Waals surface area contributed by atoms with Gasteiger partial charge in [-0.25, -0.2) is 0 Å². The summed E-state index contributed by atoms with van der Waals surface area (Å²) in [6.07, 6.45) is 6.77. The van der Waals surface area contributed by atoms with Crippen molar-refractivity contribution in [2.75, 3.05) is 0 Å². The number of Topliss-reactive ketones (excluding diaryl/α,β-unsaturated/α-hetero) is 2. The van der Waals surface area contributed by atoms with Crippen molar-refractivity contribution in [3.8, 4) is 0 Å². The number of fused-ring (bicyclic) bond motifs is 5. The van der Waals surface area contributed by atoms with E-state index < -0.39 is 0 Å². The monoisotopic (exact) mass is 389 g/mol. The third-order valence-corrected chi connectivity index (χ3v) is 8.91. The van der Waals surface area contributed by atoms with Crippen LogP contribution in [0.25, 0.3) is 0 Å². The summed E-state index contributed by atoms with van der Waals surface area (Å²) < 4.78 is 5.66. The number of rotatable bonds is 3. The van der Waals surface area contributed by atoms with Crippen LogP contribution in [0.15, 0.2) is 0 Å². The summed E-state index contributed by atoms with van der Waals surface area (Å²) in [5.74, 6) is 1.73. The third kappa shape index (κ3) is 3.05. The molecule has 4 saturated carbocycles. The number of nitrogens with two attached hydrogens (primary N) is 1. The molecule has 0 heterocycles. The molecule has 8 atom stereocenters. The van der Waals surface area contributed by atoms with Crippen LogP contribution < -0.4 is 5.73 Å². The maximum Gasteiger partial charge on any atom is 0.307 e. The van der Waals surface area contributed by atoms with Gasteiger partial charge in [0.2, 0.25) is 0 Å². The first-order valence-electron chi connectivity index (χ1n) is 11.2. The van der Waals surface area contributed by atoms with Crippen molar-refractivity contribution < 1.29 is 19.1 Å². The van der Waals surface area contributed by atoms with Crippen LogP contribution in [0.1, 0.15) is 78.6 Å². The second-order valence-corrected chi connectivity index (χ2v) is 10.6. The Bertz CT molecular complexity index is 688. The zero-order valence-corrected chi connectivity index (χ0v) is 17.5. The van der Waals surface area contributed by atoms with Crippen molar-refractivity contribution in [2.45, 2.75) is 90.7 Å². The molecule has 0 aromatic heterocycles. The molecule has 0 aliphatic heterocycles. The Morgan fingerprint density at radius 2 is 1.93 bits per heavy atom. The second kappa shape index (κ2) is 6.93. The van der Waals surface area contributed by atoms with Crippen LogP contribution in [0, 0.1) is 34.5 Å². The molecule has 0 aromatic carbocycles. The molecule has 0 saturated heterocycles. The summed E-state index contributed by atoms with van der Waals surface area (Å²) in [7, 11) is 0. The van der Waals surface area contributed by atoms with Gasteiger partial charge in [-0.2, -0.15) is 0 Å². The zero-order chi connectivity index (χ0) is 20.3. The summed E-state index contributed by atoms with van der Waals surface area (Å²) in [6.45, 7) is 6.25. The average Bonchev–Trinajstić information content (AvgIpc) is 2.91. The molecule has 2 unspecified atom stereocenters. The third-order valence-electron chi connectivity index (χ3n) is 8.91. The summed E-state index contributed by atoms with van der Waals surface area (Å²) >= 11 is 0. The molecule has 156 valence electrons. The summed E-state index contributed by atoms with van der Waals surface area (Å²) in [4.78, 5) is 37.8. The van der Waals surface area contributed by atoms with Crippen LogP contribution in [0.5, 0.6) is 0 Å². The van der Waals surface area contributed by atoms with Crippen LogP contribution in [0.3, 0.4) is 0 Å². The van der Waals surface area contributed by atoms with E-state index in [1.807, 2.05) is 0 Å². The lowest BCUT2D eigenvalue weighted by Gasteiger charge is -2.59. The highest BCUT2D eigenvalue weighted by Crippen LogP contribution is 2.64. The van der Waals surface area contributed by atoms with E-state index in [0.29, 0.717) is 48.6 Å². The van der Waals surface area contributed by atoms with Gasteiger partial charge in [0.05, 0.1) is 6.42 Å². The van der Waals surface area contributed by atoms with E-state index >= 15 is 0 Å². The van der Waals surface area contributed by atoms with Crippen molar-refractivity contribution in [1.82, 2.24) is 0 Å². The molecular formula is C23H35NO4. The van der Waals surface area contributed by atoms with Crippen LogP contribution >= 0.6 is 0 Å². The van der Waals surface area contributed by atoms with Crippen molar-refractivity contribution in [1.29, 1.82) is 0 Å². The van der Waals surface area contributed by atoms with Gasteiger partial charge in [0.15, 0.2) is 0 Å². The molecule has 4 fully saturated rings. The predicted octanol–water partition coefficient (Wildman–Crippen LogP) is 3.43. The summed E-state index contributed by atoms with van der Waals surface area (Å²) in [6, 6.07) is -0.205. The fraction of sp³-hybridized carbons (Fsp3) is 0.870. The number of carbonyl (C=O) groups is 3. The Morgan fingerprint density at radius 1 is 1.18 bits per heavy atom. The van der Waals surface area contributed by atoms with Crippen molar-refractivity contribution >= 4 is 17.5 Å². The molecule has 4 aliphatic carbocycles. The maximum atomic E-state index is 13.2. The fourth-order valence-electron chi connectivity index (χ4n) is 7.38. The molecule has 0 amide bonds. The van der Waals surface area contributed by atoms with Gasteiger partial charge in [-0.3, -0.25) is 14.4 Å². The van der Waals surface area contributed by atoms with Gasteiger partial charge in [0.1, 0.15) is 17.7 Å². The Labute approximate surface area is 168 Å². The van der Waals surface area contributed by atoms with Gasteiger partial charge in [0.25, 0.3) is 0 Å². The number of carbonyl (C=O) groups excluding carboxylic acids is 3. The number of hydrogen-bond donors (Lipinski definition) is 1. The van der Waals surface area contributed by atoms with Gasteiger partial charge in [0, 0.05) is 30.2 Å². The SMILES string of the molecule is CC(N)CC(=O)O[C@H]1CC[C@@]2(C)C(C1)C(=O)C[C@@H]1[C@@H]2CC[C@]2(C)C(=O)CC[C@@H]12. The molecule has 0 radical (unpaired) electrons. The van der Waals surface area contributed by atoms with Crippen molar-refractivity contribution in [2.24, 2.45) is 40.2 Å². The van der Waals surface area contributed by atoms with Crippen LogP contribution in [0.4, 0.5) is 0 Å². The minimum atomic E-state index is -0.248. The number of hydrogen-bond acceptors (Lipinski definition) is 5. The van der Waals surface area contributed by atoms with E-state index in [9.17, 15) is 14.4 Å². The van der Waals surface area contributed by atoms with E-state index in [4.69, 9.17) is 10.5 Å². The second-order valence-electron chi connectivity index (χ2n) is 10.6. The van der Waals surface area contributed by atoms with E-state index in [0.717, 1.165) is 32.1 Å². The Kier molecular flexibility index (Phi) is 4.96. The Hall–Kier alpha value is -1.23. The Balaban J connectivity index is 1.51. The molecule has 0 bridgehead atoms. The van der Waals surface area contributed by atoms with Gasteiger partial charge in [-0.15, -0.1) is 0 Å². The maximum absolute atomic E-state index is 13.2. The zero-order valence-electron chi connectivity index (χ0n) is 17.5. The van der Waals surface area contributed by atoms with E-state index in [1.54, 1.807) is 6.92 Å². The standard InChI is InChI=1S/C23H35NO4/c1-13(24)10-21(27)28-14-6-8-22(2)17-7-9-23(3)16(4-5-20(23)26)15(17)12-19(25)18(22)11-14/h13-18H,4-12,24H2,1-3H3/t13?,14-,15-,16-,17-,18?,22+,23-/m0/s1. The molecule has 28 heavy (non-hydrogen) atoms. The van der Waals surface area contributed by atoms with Crippen molar-refractivity contribution in [3.05, 3.63) is 0 Å². The van der Waals surface area contributed by atoms with Crippen LogP contribution in [-0.2, 0) is 19.1 Å². The van der Waals surface area contributed by atoms with Gasteiger partial charge < -0.3 is 10.5 Å². The first kappa shape index (κ1) is 20.1. The lowest BCUT2D eigenvalue weighted by Crippen LogP contribution is -2.57. The number of ether oxygens (including phenoxy) is 1. The topological polar surface area (TPSA) is 86.5 Å². The molecule has 0 aromatic rings. The van der Waals surface area contributed by atoms with Gasteiger partial charge in [-0.05, 0) is 68.6 Å². The molecule has 0 spiro atoms. The lowest BCUT2D eigenvalue weighted by atomic mass is 9.45. The highest BCUT2D eigenvalue weighted by atomic mass is 16.5. The van der Waals surface area contributed by atoms with Crippen LogP contribution in [0.2, 0.25) is 0 Å². The number of esters is 1. The van der Waals surface area contributed by atoms with E-state index in [1.165, 1.54) is 0 Å². The molecule has 4 rings (SSSR count).